The number of imidazole rings is 1. The molecule has 0 aliphatic carbocycles. The van der Waals surface area contributed by atoms with Crippen molar-refractivity contribution in [1.29, 1.82) is 0 Å². The van der Waals surface area contributed by atoms with Crippen LogP contribution in [0.15, 0.2) is 24.1 Å². The number of aryl methyl sites for hydroxylation is 1. The summed E-state index contributed by atoms with van der Waals surface area (Å²) in [5.41, 5.74) is 1.02. The highest BCUT2D eigenvalue weighted by atomic mass is 32.1. The Balaban J connectivity index is 1.56. The van der Waals surface area contributed by atoms with Crippen molar-refractivity contribution in [1.82, 2.24) is 24.5 Å². The smallest absolute Gasteiger partial charge is 0.0945 e. The number of aromatic nitrogens is 4. The Labute approximate surface area is 92.3 Å². The third kappa shape index (κ3) is 3.41. The van der Waals surface area contributed by atoms with Crippen LogP contribution in [0.2, 0.25) is 0 Å². The summed E-state index contributed by atoms with van der Waals surface area (Å²) in [5.74, 6) is 0. The van der Waals surface area contributed by atoms with Crippen LogP contribution in [0.3, 0.4) is 0 Å². The fourth-order valence-electron chi connectivity index (χ4n) is 1.28. The molecule has 80 valence electrons. The molecule has 0 amide bonds. The lowest BCUT2D eigenvalue weighted by Crippen LogP contribution is -2.16. The lowest BCUT2D eigenvalue weighted by molar-refractivity contribution is 0.576. The molecule has 2 aromatic rings. The third-order valence-electron chi connectivity index (χ3n) is 2.04. The summed E-state index contributed by atoms with van der Waals surface area (Å²) < 4.78 is 5.88. The molecule has 0 aliphatic heterocycles. The Hall–Kier alpha value is -1.27. The zero-order valence-corrected chi connectivity index (χ0v) is 9.15. The van der Waals surface area contributed by atoms with Crippen molar-refractivity contribution in [3.63, 3.8) is 0 Å². The maximum absolute atomic E-state index is 3.99. The van der Waals surface area contributed by atoms with E-state index in [1.165, 1.54) is 11.5 Å². The van der Waals surface area contributed by atoms with E-state index in [1.807, 2.05) is 17.9 Å². The summed E-state index contributed by atoms with van der Waals surface area (Å²) in [6.07, 6.45) is 6.71. The van der Waals surface area contributed by atoms with Gasteiger partial charge in [0.2, 0.25) is 0 Å². The van der Waals surface area contributed by atoms with Crippen LogP contribution in [0.5, 0.6) is 0 Å². The van der Waals surface area contributed by atoms with Crippen molar-refractivity contribution in [2.24, 2.45) is 0 Å². The lowest BCUT2D eigenvalue weighted by Gasteiger charge is -2.03. The first-order chi connectivity index (χ1) is 7.45. The van der Waals surface area contributed by atoms with Crippen LogP contribution in [0, 0.1) is 0 Å². The molecule has 0 spiro atoms. The van der Waals surface area contributed by atoms with Crippen molar-refractivity contribution >= 4 is 11.5 Å². The third-order valence-corrected chi connectivity index (χ3v) is 2.59. The predicted molar refractivity (Wildman–Crippen MR) is 58.5 cm³/mol. The van der Waals surface area contributed by atoms with Gasteiger partial charge in [0.15, 0.2) is 0 Å². The number of nitrogens with zero attached hydrogens (tertiary/aromatic N) is 4. The van der Waals surface area contributed by atoms with Gasteiger partial charge in [0, 0.05) is 30.9 Å². The van der Waals surface area contributed by atoms with Gasteiger partial charge in [0.25, 0.3) is 0 Å². The van der Waals surface area contributed by atoms with Gasteiger partial charge in [-0.15, -0.1) is 5.10 Å². The van der Waals surface area contributed by atoms with Gasteiger partial charge in [-0.2, -0.15) is 0 Å². The molecule has 0 aromatic carbocycles. The van der Waals surface area contributed by atoms with Crippen LogP contribution in [-0.2, 0) is 13.1 Å². The summed E-state index contributed by atoms with van der Waals surface area (Å²) in [4.78, 5) is 3.99. The Bertz CT molecular complexity index is 320. The topological polar surface area (TPSA) is 55.6 Å². The quantitative estimate of drug-likeness (QED) is 0.740. The maximum atomic E-state index is 3.99. The summed E-state index contributed by atoms with van der Waals surface area (Å²) >= 11 is 1.39. The molecule has 2 heterocycles. The maximum Gasteiger partial charge on any atom is 0.0945 e. The van der Waals surface area contributed by atoms with Gasteiger partial charge in [-0.25, -0.2) is 4.98 Å². The molecule has 2 aromatic heterocycles. The molecule has 0 fully saturated rings. The molecule has 0 bridgehead atoms. The van der Waals surface area contributed by atoms with Gasteiger partial charge >= 0.3 is 0 Å². The van der Waals surface area contributed by atoms with E-state index < -0.39 is 0 Å². The van der Waals surface area contributed by atoms with E-state index >= 15 is 0 Å². The second-order valence-corrected chi connectivity index (χ2v) is 3.84. The number of rotatable bonds is 6. The zero-order chi connectivity index (χ0) is 10.3. The van der Waals surface area contributed by atoms with Crippen LogP contribution in [0.25, 0.3) is 0 Å². The molecule has 0 saturated heterocycles. The molecule has 5 nitrogen and oxygen atoms in total. The molecule has 0 unspecified atom stereocenters. The van der Waals surface area contributed by atoms with Gasteiger partial charge in [-0.1, -0.05) is 4.49 Å². The first-order valence-corrected chi connectivity index (χ1v) is 5.71. The van der Waals surface area contributed by atoms with Gasteiger partial charge < -0.3 is 9.88 Å². The Kier molecular flexibility index (Phi) is 3.81. The highest BCUT2D eigenvalue weighted by Crippen LogP contribution is 1.96. The fraction of sp³-hybridized carbons (Fsp3) is 0.444. The Morgan fingerprint density at radius 3 is 3.20 bits per heavy atom. The molecular formula is C9H13N5S. The van der Waals surface area contributed by atoms with Crippen LogP contribution in [0.1, 0.15) is 12.1 Å². The van der Waals surface area contributed by atoms with Gasteiger partial charge in [-0.3, -0.25) is 0 Å². The van der Waals surface area contributed by atoms with Crippen LogP contribution >= 0.6 is 11.5 Å². The summed E-state index contributed by atoms with van der Waals surface area (Å²) in [6, 6.07) is 0. The van der Waals surface area contributed by atoms with E-state index in [2.05, 4.69) is 24.5 Å². The number of hydrogen-bond donors (Lipinski definition) is 1. The SMILES string of the molecule is c1cn(CCCNCc2csnn2)cn1. The molecule has 1 N–H and O–H groups in total. The monoisotopic (exact) mass is 223 g/mol. The minimum absolute atomic E-state index is 0.806. The fourth-order valence-corrected chi connectivity index (χ4v) is 1.73. The van der Waals surface area contributed by atoms with Crippen molar-refractivity contribution in [3.05, 3.63) is 29.8 Å². The molecule has 0 aliphatic rings. The molecular weight excluding hydrogens is 210 g/mol. The summed E-state index contributed by atoms with van der Waals surface area (Å²) in [5, 5.41) is 9.24. The second-order valence-electron chi connectivity index (χ2n) is 3.23. The minimum Gasteiger partial charge on any atom is -0.337 e. The minimum atomic E-state index is 0.806. The zero-order valence-electron chi connectivity index (χ0n) is 8.33. The first kappa shape index (κ1) is 10.3. The van der Waals surface area contributed by atoms with Gasteiger partial charge in [0.05, 0.1) is 12.0 Å². The van der Waals surface area contributed by atoms with Crippen molar-refractivity contribution in [3.8, 4) is 0 Å². The van der Waals surface area contributed by atoms with Crippen LogP contribution in [0.4, 0.5) is 0 Å². The van der Waals surface area contributed by atoms with E-state index in [9.17, 15) is 0 Å². The normalized spacial score (nSPS) is 10.7. The van der Waals surface area contributed by atoms with Crippen molar-refractivity contribution in [2.45, 2.75) is 19.5 Å². The van der Waals surface area contributed by atoms with E-state index in [-0.39, 0.29) is 0 Å². The lowest BCUT2D eigenvalue weighted by atomic mass is 10.4. The van der Waals surface area contributed by atoms with Gasteiger partial charge in [-0.05, 0) is 24.5 Å². The highest BCUT2D eigenvalue weighted by Gasteiger charge is 1.95. The first-order valence-electron chi connectivity index (χ1n) is 4.87. The van der Waals surface area contributed by atoms with E-state index in [0.29, 0.717) is 0 Å². The van der Waals surface area contributed by atoms with Crippen LogP contribution in [-0.4, -0.2) is 25.7 Å². The molecule has 0 saturated carbocycles. The summed E-state index contributed by atoms with van der Waals surface area (Å²) in [6.45, 7) is 2.79. The van der Waals surface area contributed by atoms with E-state index in [4.69, 9.17) is 0 Å². The van der Waals surface area contributed by atoms with E-state index in [1.54, 1.807) is 6.20 Å². The second kappa shape index (κ2) is 5.57. The van der Waals surface area contributed by atoms with Crippen molar-refractivity contribution in [2.75, 3.05) is 6.54 Å². The van der Waals surface area contributed by atoms with E-state index in [0.717, 1.165) is 31.7 Å². The Morgan fingerprint density at radius 1 is 1.47 bits per heavy atom. The predicted octanol–water partition coefficient (Wildman–Crippen LogP) is 0.914. The largest absolute Gasteiger partial charge is 0.337 e. The Morgan fingerprint density at radius 2 is 2.47 bits per heavy atom. The molecule has 6 heteroatoms. The average Bonchev–Trinajstić information content (AvgIpc) is 2.88. The molecule has 15 heavy (non-hydrogen) atoms. The molecule has 0 atom stereocenters. The van der Waals surface area contributed by atoms with Crippen molar-refractivity contribution < 1.29 is 0 Å². The average molecular weight is 223 g/mol. The number of hydrogen-bond acceptors (Lipinski definition) is 5. The molecule has 2 rings (SSSR count). The van der Waals surface area contributed by atoms with Crippen LogP contribution < -0.4 is 5.32 Å². The van der Waals surface area contributed by atoms with Gasteiger partial charge in [0.1, 0.15) is 0 Å². The summed E-state index contributed by atoms with van der Waals surface area (Å²) in [7, 11) is 0. The molecule has 0 radical (unpaired) electrons. The standard InChI is InChI=1S/C9H13N5S/c1(4-14-5-3-11-8-14)2-10-6-9-7-15-13-12-9/h3,5,7-8,10H,1-2,4,6H2. The number of nitrogens with one attached hydrogen (secondary N) is 1. The highest BCUT2D eigenvalue weighted by molar-refractivity contribution is 7.03.